The second-order valence-electron chi connectivity index (χ2n) is 4.04. The molecular weight excluding hydrogens is 258 g/mol. The van der Waals surface area contributed by atoms with E-state index < -0.39 is 11.5 Å². The highest BCUT2D eigenvalue weighted by Crippen LogP contribution is 2.05. The highest BCUT2D eigenvalue weighted by molar-refractivity contribution is 5.89. The molecule has 0 saturated carbocycles. The molecule has 0 fully saturated rings. The Balaban J connectivity index is 2.49. The number of ether oxygens (including phenoxy) is 1. The van der Waals surface area contributed by atoms with Gasteiger partial charge in [0.2, 0.25) is 0 Å². The zero-order valence-corrected chi connectivity index (χ0v) is 10.7. The summed E-state index contributed by atoms with van der Waals surface area (Å²) in [7, 11) is 1.24. The quantitative estimate of drug-likeness (QED) is 0.774. The Morgan fingerprint density at radius 2 is 2.35 bits per heavy atom. The van der Waals surface area contributed by atoms with Crippen LogP contribution in [0.3, 0.4) is 0 Å². The molecule has 2 aromatic rings. The number of esters is 1. The lowest BCUT2D eigenvalue weighted by molar-refractivity contribution is 0.0599. The van der Waals surface area contributed by atoms with Crippen LogP contribution in [0.15, 0.2) is 41.6 Å². The Morgan fingerprint density at radius 1 is 1.55 bits per heavy atom. The first kappa shape index (κ1) is 13.5. The first-order valence-corrected chi connectivity index (χ1v) is 5.77. The normalized spacial score (nSPS) is 9.80. The third-order valence-corrected chi connectivity index (χ3v) is 2.70. The molecule has 6 heteroatoms. The molecule has 2 aromatic heterocycles. The molecule has 0 aromatic carbocycles. The molecule has 2 rings (SSSR count). The molecule has 0 unspecified atom stereocenters. The second kappa shape index (κ2) is 5.80. The summed E-state index contributed by atoms with van der Waals surface area (Å²) in [6.45, 7) is 0.228. The van der Waals surface area contributed by atoms with Crippen LogP contribution in [0.2, 0.25) is 0 Å². The van der Waals surface area contributed by atoms with Gasteiger partial charge in [-0.25, -0.2) is 4.79 Å². The van der Waals surface area contributed by atoms with E-state index >= 15 is 0 Å². The number of nitriles is 1. The Hall–Kier alpha value is -2.94. The van der Waals surface area contributed by atoms with Crippen molar-refractivity contribution in [2.45, 2.75) is 6.54 Å². The van der Waals surface area contributed by atoms with Crippen LogP contribution in [0, 0.1) is 11.3 Å². The summed E-state index contributed by atoms with van der Waals surface area (Å²) in [6, 6.07) is 6.56. The topological polar surface area (TPSA) is 85.0 Å². The zero-order valence-electron chi connectivity index (χ0n) is 10.7. The predicted octanol–water partition coefficient (Wildman–Crippen LogP) is 0.950. The highest BCUT2D eigenvalue weighted by atomic mass is 16.5. The predicted molar refractivity (Wildman–Crippen MR) is 70.1 cm³/mol. The van der Waals surface area contributed by atoms with Crippen LogP contribution in [0.1, 0.15) is 21.5 Å². The minimum absolute atomic E-state index is 0.100. The van der Waals surface area contributed by atoms with E-state index in [0.717, 1.165) is 5.56 Å². The summed E-state index contributed by atoms with van der Waals surface area (Å²) < 4.78 is 5.90. The number of carbonyl (C=O) groups excluding carboxylic acids is 1. The van der Waals surface area contributed by atoms with E-state index in [0.29, 0.717) is 0 Å². The molecule has 0 aliphatic heterocycles. The van der Waals surface area contributed by atoms with Crippen molar-refractivity contribution < 1.29 is 9.53 Å². The van der Waals surface area contributed by atoms with Crippen molar-refractivity contribution in [2.75, 3.05) is 7.11 Å². The van der Waals surface area contributed by atoms with Gasteiger partial charge < -0.3 is 9.30 Å². The summed E-state index contributed by atoms with van der Waals surface area (Å²) in [6.07, 6.45) is 4.61. The molecule has 0 radical (unpaired) electrons. The van der Waals surface area contributed by atoms with Gasteiger partial charge in [-0.2, -0.15) is 5.26 Å². The SMILES string of the molecule is COC(=O)c1cc(C#N)c(=O)n(Cc2cccnc2)c1. The number of nitrogens with zero attached hydrogens (tertiary/aromatic N) is 3. The van der Waals surface area contributed by atoms with E-state index in [1.165, 1.54) is 23.9 Å². The molecule has 0 bridgehead atoms. The lowest BCUT2D eigenvalue weighted by Gasteiger charge is -2.08. The van der Waals surface area contributed by atoms with Crippen molar-refractivity contribution in [3.8, 4) is 6.07 Å². The van der Waals surface area contributed by atoms with Gasteiger partial charge in [0.05, 0.1) is 19.2 Å². The lowest BCUT2D eigenvalue weighted by Crippen LogP contribution is -2.24. The van der Waals surface area contributed by atoms with E-state index in [1.807, 2.05) is 0 Å². The summed E-state index contributed by atoms with van der Waals surface area (Å²) in [5, 5.41) is 8.96. The van der Waals surface area contributed by atoms with Gasteiger partial charge in [-0.3, -0.25) is 9.78 Å². The van der Waals surface area contributed by atoms with Crippen LogP contribution in [-0.2, 0) is 11.3 Å². The Kier molecular flexibility index (Phi) is 3.91. The number of hydrogen-bond donors (Lipinski definition) is 0. The number of pyridine rings is 2. The fraction of sp³-hybridized carbons (Fsp3) is 0.143. The molecule has 0 saturated heterocycles. The molecule has 0 aliphatic rings. The van der Waals surface area contributed by atoms with Crippen LogP contribution >= 0.6 is 0 Å². The Labute approximate surface area is 114 Å². The summed E-state index contributed by atoms with van der Waals surface area (Å²) in [5.41, 5.74) is 0.397. The van der Waals surface area contributed by atoms with Crippen molar-refractivity contribution in [1.82, 2.24) is 9.55 Å². The average molecular weight is 269 g/mol. The van der Waals surface area contributed by atoms with Crippen molar-refractivity contribution in [3.63, 3.8) is 0 Å². The van der Waals surface area contributed by atoms with E-state index in [-0.39, 0.29) is 17.7 Å². The third kappa shape index (κ3) is 2.72. The Morgan fingerprint density at radius 3 is 2.95 bits per heavy atom. The fourth-order valence-electron chi connectivity index (χ4n) is 1.75. The minimum atomic E-state index is -0.596. The van der Waals surface area contributed by atoms with E-state index in [1.54, 1.807) is 30.6 Å². The van der Waals surface area contributed by atoms with Crippen molar-refractivity contribution in [2.24, 2.45) is 0 Å². The molecule has 6 nitrogen and oxygen atoms in total. The number of carbonyl (C=O) groups is 1. The van der Waals surface area contributed by atoms with Crippen LogP contribution < -0.4 is 5.56 Å². The van der Waals surface area contributed by atoms with Crippen LogP contribution in [-0.4, -0.2) is 22.6 Å². The number of methoxy groups -OCH3 is 1. The first-order chi connectivity index (χ1) is 9.65. The van der Waals surface area contributed by atoms with Gasteiger partial charge in [-0.15, -0.1) is 0 Å². The maximum atomic E-state index is 12.0. The minimum Gasteiger partial charge on any atom is -0.465 e. The molecule has 0 spiro atoms. The van der Waals surface area contributed by atoms with Gasteiger partial charge in [-0.05, 0) is 17.7 Å². The second-order valence-corrected chi connectivity index (χ2v) is 4.04. The van der Waals surface area contributed by atoms with Crippen LogP contribution in [0.25, 0.3) is 0 Å². The van der Waals surface area contributed by atoms with Crippen molar-refractivity contribution in [1.29, 1.82) is 5.26 Å². The maximum absolute atomic E-state index is 12.0. The lowest BCUT2D eigenvalue weighted by atomic mass is 10.2. The molecule has 0 atom stereocenters. The van der Waals surface area contributed by atoms with Crippen LogP contribution in [0.5, 0.6) is 0 Å². The smallest absolute Gasteiger partial charge is 0.339 e. The average Bonchev–Trinajstić information content (AvgIpc) is 2.49. The van der Waals surface area contributed by atoms with Gasteiger partial charge in [0.25, 0.3) is 5.56 Å². The monoisotopic (exact) mass is 269 g/mol. The summed E-state index contributed by atoms with van der Waals surface area (Å²) in [4.78, 5) is 27.5. The van der Waals surface area contributed by atoms with Crippen molar-refractivity contribution in [3.05, 3.63) is 63.8 Å². The highest BCUT2D eigenvalue weighted by Gasteiger charge is 2.12. The molecular formula is C14H11N3O3. The first-order valence-electron chi connectivity index (χ1n) is 5.77. The molecule has 0 amide bonds. The molecule has 0 N–H and O–H groups in total. The van der Waals surface area contributed by atoms with Crippen LogP contribution in [0.4, 0.5) is 0 Å². The molecule has 100 valence electrons. The number of hydrogen-bond acceptors (Lipinski definition) is 5. The van der Waals surface area contributed by atoms with E-state index in [2.05, 4.69) is 9.72 Å². The van der Waals surface area contributed by atoms with Gasteiger partial charge in [0, 0.05) is 18.6 Å². The molecule has 2 heterocycles. The fourth-order valence-corrected chi connectivity index (χ4v) is 1.75. The van der Waals surface area contributed by atoms with Gasteiger partial charge >= 0.3 is 5.97 Å². The number of aromatic nitrogens is 2. The van der Waals surface area contributed by atoms with Gasteiger partial charge in [-0.1, -0.05) is 6.07 Å². The standard InChI is InChI=1S/C14H11N3O3/c1-20-14(19)12-5-11(6-15)13(18)17(9-12)8-10-3-2-4-16-7-10/h2-5,7,9H,8H2,1H3. The van der Waals surface area contributed by atoms with Crippen molar-refractivity contribution >= 4 is 5.97 Å². The van der Waals surface area contributed by atoms with Gasteiger partial charge in [0.1, 0.15) is 11.6 Å². The van der Waals surface area contributed by atoms with E-state index in [4.69, 9.17) is 5.26 Å². The number of rotatable bonds is 3. The maximum Gasteiger partial charge on any atom is 0.339 e. The molecule has 0 aliphatic carbocycles. The third-order valence-electron chi connectivity index (χ3n) is 2.70. The molecule has 20 heavy (non-hydrogen) atoms. The summed E-state index contributed by atoms with van der Waals surface area (Å²) >= 11 is 0. The van der Waals surface area contributed by atoms with Gasteiger partial charge in [0.15, 0.2) is 0 Å². The zero-order chi connectivity index (χ0) is 14.5. The summed E-state index contributed by atoms with van der Waals surface area (Å²) in [5.74, 6) is -0.596. The van der Waals surface area contributed by atoms with E-state index in [9.17, 15) is 9.59 Å². The Bertz CT molecular complexity index is 730. The largest absolute Gasteiger partial charge is 0.465 e.